The first kappa shape index (κ1) is 15.3. The van der Waals surface area contributed by atoms with Gasteiger partial charge >= 0.3 is 0 Å². The van der Waals surface area contributed by atoms with Crippen molar-refractivity contribution in [2.75, 3.05) is 14.2 Å². The molecule has 0 amide bonds. The third kappa shape index (κ3) is 3.15. The van der Waals surface area contributed by atoms with Gasteiger partial charge in [-0.2, -0.15) is 0 Å². The van der Waals surface area contributed by atoms with Gasteiger partial charge in [0.25, 0.3) is 5.69 Å². The van der Waals surface area contributed by atoms with Crippen LogP contribution in [0.3, 0.4) is 0 Å². The van der Waals surface area contributed by atoms with E-state index >= 15 is 0 Å². The van der Waals surface area contributed by atoms with E-state index in [1.54, 1.807) is 17.5 Å². The second-order valence-corrected chi connectivity index (χ2v) is 5.09. The number of methoxy groups -OCH3 is 2. The molecule has 21 heavy (non-hydrogen) atoms. The first-order valence-corrected chi connectivity index (χ1v) is 6.88. The summed E-state index contributed by atoms with van der Waals surface area (Å²) < 4.78 is 10.1. The molecule has 6 nitrogen and oxygen atoms in total. The van der Waals surface area contributed by atoms with Crippen molar-refractivity contribution in [2.24, 2.45) is 0 Å². The molecular formula is C14H13NO5S. The van der Waals surface area contributed by atoms with Gasteiger partial charge in [-0.1, -0.05) is 6.07 Å². The van der Waals surface area contributed by atoms with Gasteiger partial charge in [-0.05, 0) is 23.6 Å². The highest BCUT2D eigenvalue weighted by atomic mass is 32.1. The minimum atomic E-state index is -0.901. The normalized spacial score (nSPS) is 10.8. The molecule has 2 rings (SSSR count). The number of hydrogen-bond donors (Lipinski definition) is 0. The maximum Gasteiger partial charge on any atom is 0.277 e. The zero-order valence-electron chi connectivity index (χ0n) is 11.4. The molecule has 0 fully saturated rings. The highest BCUT2D eigenvalue weighted by molar-refractivity contribution is 7.12. The zero-order chi connectivity index (χ0) is 15.4. The van der Waals surface area contributed by atoms with Gasteiger partial charge < -0.3 is 9.47 Å². The zero-order valence-corrected chi connectivity index (χ0v) is 12.3. The lowest BCUT2D eigenvalue weighted by Crippen LogP contribution is -2.09. The van der Waals surface area contributed by atoms with E-state index in [9.17, 15) is 14.9 Å². The Morgan fingerprint density at radius 1 is 1.29 bits per heavy atom. The quantitative estimate of drug-likeness (QED) is 0.354. The van der Waals surface area contributed by atoms with E-state index in [0.29, 0.717) is 10.4 Å². The number of carbonyl (C=O) groups excluding carboxylic acids is 1. The van der Waals surface area contributed by atoms with Crippen LogP contribution in [-0.4, -0.2) is 24.9 Å². The number of nitro groups is 1. The maximum absolute atomic E-state index is 12.3. The molecule has 0 aliphatic carbocycles. The van der Waals surface area contributed by atoms with Crippen LogP contribution in [0.15, 0.2) is 35.7 Å². The summed E-state index contributed by atoms with van der Waals surface area (Å²) in [6.45, 7) is 0. The van der Waals surface area contributed by atoms with Gasteiger partial charge in [0.2, 0.25) is 5.78 Å². The van der Waals surface area contributed by atoms with E-state index in [-0.39, 0.29) is 17.0 Å². The largest absolute Gasteiger partial charge is 0.351 e. The molecular weight excluding hydrogens is 294 g/mol. The lowest BCUT2D eigenvalue weighted by Gasteiger charge is -2.14. The van der Waals surface area contributed by atoms with Crippen LogP contribution in [0.2, 0.25) is 0 Å². The predicted molar refractivity (Wildman–Crippen MR) is 77.6 cm³/mol. The Hall–Kier alpha value is -2.09. The van der Waals surface area contributed by atoms with Crippen molar-refractivity contribution in [1.29, 1.82) is 0 Å². The van der Waals surface area contributed by atoms with Crippen LogP contribution in [-0.2, 0) is 9.47 Å². The Morgan fingerprint density at radius 3 is 2.52 bits per heavy atom. The van der Waals surface area contributed by atoms with Crippen LogP contribution in [0.4, 0.5) is 5.69 Å². The molecule has 0 atom stereocenters. The van der Waals surface area contributed by atoms with Crippen molar-refractivity contribution >= 4 is 22.8 Å². The molecule has 0 spiro atoms. The third-order valence-corrected chi connectivity index (χ3v) is 3.78. The van der Waals surface area contributed by atoms with Crippen LogP contribution in [0.5, 0.6) is 0 Å². The molecule has 7 heteroatoms. The Kier molecular flexibility index (Phi) is 4.79. The second-order valence-electron chi connectivity index (χ2n) is 4.14. The van der Waals surface area contributed by atoms with Crippen molar-refractivity contribution in [3.05, 3.63) is 61.8 Å². The van der Waals surface area contributed by atoms with E-state index in [1.165, 1.54) is 43.8 Å². The predicted octanol–water partition coefficient (Wildman–Crippen LogP) is 3.18. The van der Waals surface area contributed by atoms with E-state index in [2.05, 4.69) is 0 Å². The number of carbonyl (C=O) groups is 1. The Morgan fingerprint density at radius 2 is 2.00 bits per heavy atom. The lowest BCUT2D eigenvalue weighted by molar-refractivity contribution is -0.387. The van der Waals surface area contributed by atoms with Crippen molar-refractivity contribution in [3.63, 3.8) is 0 Å². The summed E-state index contributed by atoms with van der Waals surface area (Å²) in [4.78, 5) is 23.4. The summed E-state index contributed by atoms with van der Waals surface area (Å²) in [5.41, 5.74) is 0.427. The van der Waals surface area contributed by atoms with Crippen LogP contribution >= 0.6 is 11.3 Å². The highest BCUT2D eigenvalue weighted by Gasteiger charge is 2.24. The monoisotopic (exact) mass is 307 g/mol. The fraction of sp³-hybridized carbons (Fsp3) is 0.214. The van der Waals surface area contributed by atoms with Gasteiger partial charge in [-0.25, -0.2) is 0 Å². The summed E-state index contributed by atoms with van der Waals surface area (Å²) in [7, 11) is 2.76. The van der Waals surface area contributed by atoms with E-state index in [0.717, 1.165) is 0 Å². The molecule has 1 heterocycles. The van der Waals surface area contributed by atoms with Crippen LogP contribution < -0.4 is 0 Å². The molecule has 0 N–H and O–H groups in total. The van der Waals surface area contributed by atoms with Gasteiger partial charge in [-0.3, -0.25) is 14.9 Å². The van der Waals surface area contributed by atoms with Gasteiger partial charge in [0.15, 0.2) is 6.29 Å². The molecule has 110 valence electrons. The Bertz CT molecular complexity index is 649. The first-order chi connectivity index (χ1) is 10.1. The second kappa shape index (κ2) is 6.57. The van der Waals surface area contributed by atoms with Crippen LogP contribution in [0, 0.1) is 10.1 Å². The summed E-state index contributed by atoms with van der Waals surface area (Å²) in [6.07, 6.45) is -0.901. The van der Waals surface area contributed by atoms with Crippen molar-refractivity contribution < 1.29 is 19.2 Å². The minimum absolute atomic E-state index is 0.147. The van der Waals surface area contributed by atoms with Gasteiger partial charge in [0, 0.05) is 25.8 Å². The molecule has 0 unspecified atom stereocenters. The Labute approximate surface area is 125 Å². The summed E-state index contributed by atoms with van der Waals surface area (Å²) >= 11 is 1.32. The number of thiophene rings is 1. The molecule has 0 bridgehead atoms. The fourth-order valence-electron chi connectivity index (χ4n) is 1.95. The van der Waals surface area contributed by atoms with E-state index < -0.39 is 11.2 Å². The number of ketones is 1. The lowest BCUT2D eigenvalue weighted by atomic mass is 10.0. The number of rotatable bonds is 6. The Balaban J connectivity index is 2.48. The van der Waals surface area contributed by atoms with Crippen LogP contribution in [0.1, 0.15) is 27.1 Å². The molecule has 1 aromatic heterocycles. The average Bonchev–Trinajstić information content (AvgIpc) is 3.01. The van der Waals surface area contributed by atoms with Gasteiger partial charge in [0.1, 0.15) is 0 Å². The van der Waals surface area contributed by atoms with Crippen LogP contribution in [0.25, 0.3) is 0 Å². The molecule has 0 saturated carbocycles. The summed E-state index contributed by atoms with van der Waals surface area (Å²) in [6, 6.07) is 7.65. The molecule has 0 radical (unpaired) electrons. The first-order valence-electron chi connectivity index (χ1n) is 6.00. The molecule has 2 aromatic rings. The number of hydrogen-bond acceptors (Lipinski definition) is 6. The molecule has 0 saturated heterocycles. The summed E-state index contributed by atoms with van der Waals surface area (Å²) in [5.74, 6) is -0.188. The third-order valence-electron chi connectivity index (χ3n) is 2.91. The number of benzene rings is 1. The van der Waals surface area contributed by atoms with E-state index in [1.807, 2.05) is 0 Å². The fourth-order valence-corrected chi connectivity index (χ4v) is 2.64. The minimum Gasteiger partial charge on any atom is -0.351 e. The van der Waals surface area contributed by atoms with Crippen molar-refractivity contribution in [3.8, 4) is 0 Å². The van der Waals surface area contributed by atoms with Crippen molar-refractivity contribution in [2.45, 2.75) is 6.29 Å². The van der Waals surface area contributed by atoms with Gasteiger partial charge in [0.05, 0.1) is 15.4 Å². The number of ether oxygens (including phenoxy) is 2. The maximum atomic E-state index is 12.3. The molecule has 1 aromatic carbocycles. The number of nitrogens with zero attached hydrogens (tertiary/aromatic N) is 1. The standard InChI is InChI=1S/C14H13NO5S/c1-19-14(20-2)10-8-9(5-6-11(10)15(17)18)13(16)12-4-3-7-21-12/h3-8,14H,1-2H3. The average molecular weight is 307 g/mol. The highest BCUT2D eigenvalue weighted by Crippen LogP contribution is 2.30. The van der Waals surface area contributed by atoms with E-state index in [4.69, 9.17) is 9.47 Å². The summed E-state index contributed by atoms with van der Waals surface area (Å²) in [5, 5.41) is 12.9. The SMILES string of the molecule is COC(OC)c1cc(C(=O)c2cccs2)ccc1[N+](=O)[O-]. The molecule has 0 aliphatic rings. The topological polar surface area (TPSA) is 78.7 Å². The molecule has 0 aliphatic heterocycles. The van der Waals surface area contributed by atoms with Gasteiger partial charge in [-0.15, -0.1) is 11.3 Å². The smallest absolute Gasteiger partial charge is 0.277 e. The number of nitro benzene ring substituents is 1. The van der Waals surface area contributed by atoms with Crippen molar-refractivity contribution in [1.82, 2.24) is 0 Å².